The third-order valence-electron chi connectivity index (χ3n) is 0.918. The van der Waals surface area contributed by atoms with Crippen LogP contribution >= 0.6 is 0 Å². The van der Waals surface area contributed by atoms with Crippen LogP contribution in [-0.2, 0) is 0 Å². The van der Waals surface area contributed by atoms with Gasteiger partial charge in [0.05, 0.1) is 5.69 Å². The summed E-state index contributed by atoms with van der Waals surface area (Å²) in [4.78, 5) is 3.82. The predicted molar refractivity (Wildman–Crippen MR) is 29.1 cm³/mol. The molecule has 0 aliphatic rings. The lowest BCUT2D eigenvalue weighted by Crippen LogP contribution is -2.04. The van der Waals surface area contributed by atoms with Gasteiger partial charge in [-0.2, -0.15) is 0 Å². The van der Waals surface area contributed by atoms with E-state index >= 15 is 0 Å². The maximum absolute atomic E-state index is 5.44. The van der Waals surface area contributed by atoms with Gasteiger partial charge in [-0.1, -0.05) is 0 Å². The fraction of sp³-hybridized carbons (Fsp3) is 0.400. The zero-order chi connectivity index (χ0) is 5.98. The highest BCUT2D eigenvalue weighted by Crippen LogP contribution is 2.03. The van der Waals surface area contributed by atoms with Gasteiger partial charge >= 0.3 is 0 Å². The van der Waals surface area contributed by atoms with Gasteiger partial charge in [-0.15, -0.1) is 0 Å². The fourth-order valence-corrected chi connectivity index (χ4v) is 0.447. The van der Waals surface area contributed by atoms with E-state index in [-0.39, 0.29) is 6.04 Å². The van der Waals surface area contributed by atoms with E-state index in [4.69, 9.17) is 5.73 Å². The van der Waals surface area contributed by atoms with Crippen molar-refractivity contribution in [3.63, 3.8) is 0 Å². The topological polar surface area (TPSA) is 52.0 Å². The summed E-state index contributed by atoms with van der Waals surface area (Å²) in [6, 6.07) is -0.0197. The molecule has 0 amide bonds. The first-order chi connectivity index (χ1) is 3.80. The SMILES string of the molecule is C[C@H](N)c1cocn1. The molecule has 0 radical (unpaired) electrons. The number of nitrogens with two attached hydrogens (primary N) is 1. The van der Waals surface area contributed by atoms with Crippen LogP contribution in [0.15, 0.2) is 17.1 Å². The van der Waals surface area contributed by atoms with Crippen molar-refractivity contribution in [2.45, 2.75) is 13.0 Å². The van der Waals surface area contributed by atoms with Crippen LogP contribution in [0.25, 0.3) is 0 Å². The average Bonchev–Trinajstić information content (AvgIpc) is 2.12. The summed E-state index contributed by atoms with van der Waals surface area (Å²) in [6.07, 6.45) is 2.92. The Morgan fingerprint density at radius 1 is 1.88 bits per heavy atom. The first-order valence-electron chi connectivity index (χ1n) is 2.44. The smallest absolute Gasteiger partial charge is 0.180 e. The molecule has 0 bridgehead atoms. The number of aromatic nitrogens is 1. The van der Waals surface area contributed by atoms with Gasteiger partial charge in [0.2, 0.25) is 0 Å². The molecule has 3 nitrogen and oxygen atoms in total. The first-order valence-corrected chi connectivity index (χ1v) is 2.44. The molecule has 0 fully saturated rings. The van der Waals surface area contributed by atoms with Crippen molar-refractivity contribution in [1.82, 2.24) is 4.98 Å². The third kappa shape index (κ3) is 0.869. The summed E-state index contributed by atoms with van der Waals surface area (Å²) >= 11 is 0. The minimum atomic E-state index is -0.0197. The van der Waals surface area contributed by atoms with Gasteiger partial charge in [0.25, 0.3) is 0 Å². The van der Waals surface area contributed by atoms with Crippen LogP contribution in [0.2, 0.25) is 0 Å². The van der Waals surface area contributed by atoms with Crippen molar-refractivity contribution < 1.29 is 4.42 Å². The Kier molecular flexibility index (Phi) is 1.30. The Labute approximate surface area is 47.5 Å². The molecule has 0 spiro atoms. The maximum atomic E-state index is 5.44. The molecule has 1 aromatic heterocycles. The maximum Gasteiger partial charge on any atom is 0.180 e. The standard InChI is InChI=1S/C5H8N2O/c1-4(6)5-2-8-3-7-5/h2-4H,6H2,1H3/t4-/m0/s1. The third-order valence-corrected chi connectivity index (χ3v) is 0.918. The molecule has 8 heavy (non-hydrogen) atoms. The summed E-state index contributed by atoms with van der Waals surface area (Å²) in [6.45, 7) is 1.86. The molecule has 0 saturated heterocycles. The van der Waals surface area contributed by atoms with Crippen LogP contribution in [-0.4, -0.2) is 4.98 Å². The normalized spacial score (nSPS) is 13.8. The van der Waals surface area contributed by atoms with Crippen molar-refractivity contribution in [3.05, 3.63) is 18.4 Å². The molecule has 0 aliphatic heterocycles. The van der Waals surface area contributed by atoms with Gasteiger partial charge in [-0.25, -0.2) is 4.98 Å². The monoisotopic (exact) mass is 112 g/mol. The molecule has 44 valence electrons. The number of hydrogen-bond acceptors (Lipinski definition) is 3. The highest BCUT2D eigenvalue weighted by atomic mass is 16.3. The summed E-state index contributed by atoms with van der Waals surface area (Å²) in [7, 11) is 0. The molecule has 0 unspecified atom stereocenters. The molecule has 1 aromatic rings. The molecule has 2 N–H and O–H groups in total. The quantitative estimate of drug-likeness (QED) is 0.581. The Balaban J connectivity index is 2.77. The zero-order valence-corrected chi connectivity index (χ0v) is 4.66. The number of rotatable bonds is 1. The van der Waals surface area contributed by atoms with Gasteiger partial charge in [0.1, 0.15) is 6.26 Å². The molecule has 0 saturated carbocycles. The van der Waals surface area contributed by atoms with Crippen molar-refractivity contribution in [2.24, 2.45) is 5.73 Å². The van der Waals surface area contributed by atoms with Crippen LogP contribution < -0.4 is 5.73 Å². The molecule has 1 rings (SSSR count). The Morgan fingerprint density at radius 2 is 2.62 bits per heavy atom. The molecular weight excluding hydrogens is 104 g/mol. The lowest BCUT2D eigenvalue weighted by Gasteiger charge is -1.93. The van der Waals surface area contributed by atoms with Gasteiger partial charge in [-0.05, 0) is 6.92 Å². The molecule has 0 aromatic carbocycles. The van der Waals surface area contributed by atoms with Gasteiger partial charge in [0.15, 0.2) is 6.39 Å². The molecular formula is C5H8N2O. The van der Waals surface area contributed by atoms with E-state index in [1.165, 1.54) is 6.39 Å². The summed E-state index contributed by atoms with van der Waals surface area (Å²) in [5, 5.41) is 0. The first kappa shape index (κ1) is 5.31. The number of nitrogens with zero attached hydrogens (tertiary/aromatic N) is 1. The molecule has 1 atom stereocenters. The van der Waals surface area contributed by atoms with E-state index in [0.29, 0.717) is 0 Å². The minimum Gasteiger partial charge on any atom is -0.451 e. The van der Waals surface area contributed by atoms with Gasteiger partial charge in [-0.3, -0.25) is 0 Å². The predicted octanol–water partition coefficient (Wildman–Crippen LogP) is 0.694. The van der Waals surface area contributed by atoms with Crippen LogP contribution in [0.3, 0.4) is 0 Å². The van der Waals surface area contributed by atoms with E-state index in [1.54, 1.807) is 6.26 Å². The van der Waals surface area contributed by atoms with Gasteiger partial charge < -0.3 is 10.2 Å². The van der Waals surface area contributed by atoms with Crippen LogP contribution in [0.5, 0.6) is 0 Å². The largest absolute Gasteiger partial charge is 0.451 e. The minimum absolute atomic E-state index is 0.0197. The number of oxazole rings is 1. The van der Waals surface area contributed by atoms with E-state index in [1.807, 2.05) is 6.92 Å². The average molecular weight is 112 g/mol. The lowest BCUT2D eigenvalue weighted by molar-refractivity contribution is 0.555. The second-order valence-electron chi connectivity index (χ2n) is 1.70. The molecule has 1 heterocycles. The highest BCUT2D eigenvalue weighted by molar-refractivity contribution is 4.95. The Bertz CT molecular complexity index is 145. The summed E-state index contributed by atoms with van der Waals surface area (Å²) in [5.74, 6) is 0. The highest BCUT2D eigenvalue weighted by Gasteiger charge is 1.98. The van der Waals surface area contributed by atoms with E-state index in [2.05, 4.69) is 9.40 Å². The van der Waals surface area contributed by atoms with Crippen molar-refractivity contribution >= 4 is 0 Å². The van der Waals surface area contributed by atoms with E-state index < -0.39 is 0 Å². The van der Waals surface area contributed by atoms with Crippen molar-refractivity contribution in [2.75, 3.05) is 0 Å². The fourth-order valence-electron chi connectivity index (χ4n) is 0.447. The van der Waals surface area contributed by atoms with Crippen molar-refractivity contribution in [3.8, 4) is 0 Å². The van der Waals surface area contributed by atoms with Gasteiger partial charge in [0, 0.05) is 6.04 Å². The second kappa shape index (κ2) is 1.96. The van der Waals surface area contributed by atoms with Crippen LogP contribution in [0.1, 0.15) is 18.7 Å². The van der Waals surface area contributed by atoms with E-state index in [9.17, 15) is 0 Å². The Morgan fingerprint density at radius 3 is 2.88 bits per heavy atom. The summed E-state index contributed by atoms with van der Waals surface area (Å²) in [5.41, 5.74) is 6.23. The zero-order valence-electron chi connectivity index (χ0n) is 4.66. The molecule has 3 heteroatoms. The summed E-state index contributed by atoms with van der Waals surface area (Å²) < 4.78 is 4.68. The Hall–Kier alpha value is -0.830. The van der Waals surface area contributed by atoms with Crippen LogP contribution in [0, 0.1) is 0 Å². The molecule has 0 aliphatic carbocycles. The second-order valence-corrected chi connectivity index (χ2v) is 1.70. The number of hydrogen-bond donors (Lipinski definition) is 1. The lowest BCUT2D eigenvalue weighted by atomic mass is 10.3. The van der Waals surface area contributed by atoms with Crippen LogP contribution in [0.4, 0.5) is 0 Å². The van der Waals surface area contributed by atoms with Crippen molar-refractivity contribution in [1.29, 1.82) is 0 Å². The van der Waals surface area contributed by atoms with E-state index in [0.717, 1.165) is 5.69 Å².